The van der Waals surface area contributed by atoms with Crippen LogP contribution in [0, 0.1) is 10.8 Å². The van der Waals surface area contributed by atoms with Crippen molar-refractivity contribution in [1.29, 1.82) is 0 Å². The Labute approximate surface area is 303 Å². The third kappa shape index (κ3) is 5.61. The van der Waals surface area contributed by atoms with E-state index in [1.165, 1.54) is 0 Å². The first-order chi connectivity index (χ1) is 25.2. The van der Waals surface area contributed by atoms with Crippen molar-refractivity contribution in [2.45, 2.75) is 53.4 Å². The van der Waals surface area contributed by atoms with Crippen molar-refractivity contribution < 1.29 is 38.1 Å². The molecule has 7 rings (SSSR count). The second kappa shape index (κ2) is 13.9. The van der Waals surface area contributed by atoms with Gasteiger partial charge in [0, 0.05) is 25.7 Å². The van der Waals surface area contributed by atoms with Gasteiger partial charge in [0.2, 0.25) is 0 Å². The van der Waals surface area contributed by atoms with Crippen molar-refractivity contribution in [3.63, 3.8) is 0 Å². The van der Waals surface area contributed by atoms with E-state index in [0.717, 1.165) is 66.1 Å². The van der Waals surface area contributed by atoms with Crippen LogP contribution in [0.3, 0.4) is 0 Å². The molecule has 0 saturated carbocycles. The van der Waals surface area contributed by atoms with Crippen LogP contribution < -0.4 is 0 Å². The van der Waals surface area contributed by atoms with Crippen LogP contribution in [-0.4, -0.2) is 50.3 Å². The smallest absolute Gasteiger partial charge is 0.324 e. The van der Waals surface area contributed by atoms with E-state index in [4.69, 9.17) is 18.9 Å². The Bertz CT molecular complexity index is 2050. The van der Waals surface area contributed by atoms with Gasteiger partial charge in [-0.25, -0.2) is 0 Å². The molecule has 0 radical (unpaired) electrons. The summed E-state index contributed by atoms with van der Waals surface area (Å²) in [6, 6.07) is 28.0. The number of hydrogen-bond acceptors (Lipinski definition) is 8. The molecule has 5 aromatic carbocycles. The molecule has 0 amide bonds. The summed E-state index contributed by atoms with van der Waals surface area (Å²) in [6.07, 6.45) is 0.188. The van der Waals surface area contributed by atoms with Gasteiger partial charge in [0.1, 0.15) is 0 Å². The van der Waals surface area contributed by atoms with E-state index in [1.807, 2.05) is 84.9 Å². The summed E-state index contributed by atoms with van der Waals surface area (Å²) >= 11 is 0. The van der Waals surface area contributed by atoms with E-state index in [1.54, 1.807) is 27.7 Å². The minimum absolute atomic E-state index is 0.0251. The maximum absolute atomic E-state index is 14.1. The monoisotopic (exact) mass is 698 g/mol. The van der Waals surface area contributed by atoms with Gasteiger partial charge in [0.15, 0.2) is 10.8 Å². The lowest BCUT2D eigenvalue weighted by molar-refractivity contribution is -0.173. The Balaban J connectivity index is 1.61. The topological polar surface area (TPSA) is 105 Å². The predicted octanol–water partition coefficient (Wildman–Crippen LogP) is 7.75. The number of esters is 4. The Morgan fingerprint density at radius 2 is 0.788 bits per heavy atom. The molecule has 5 aromatic rings. The fourth-order valence-corrected chi connectivity index (χ4v) is 8.26. The summed E-state index contributed by atoms with van der Waals surface area (Å²) in [5, 5.41) is 3.88. The number of fused-ring (bicyclic) bond motifs is 10. The zero-order valence-electron chi connectivity index (χ0n) is 30.0. The van der Waals surface area contributed by atoms with Crippen LogP contribution in [0.5, 0.6) is 0 Å². The van der Waals surface area contributed by atoms with Gasteiger partial charge in [-0.05, 0) is 93.7 Å². The molecule has 0 aliphatic heterocycles. The maximum atomic E-state index is 14.1. The van der Waals surface area contributed by atoms with Crippen molar-refractivity contribution in [2.75, 3.05) is 26.4 Å². The Hall–Kier alpha value is -5.50. The second-order valence-corrected chi connectivity index (χ2v) is 13.6. The molecule has 0 fully saturated rings. The zero-order valence-corrected chi connectivity index (χ0v) is 30.0. The minimum atomic E-state index is -1.66. The molecule has 8 heteroatoms. The second-order valence-electron chi connectivity index (χ2n) is 13.6. The molecule has 52 heavy (non-hydrogen) atoms. The third-order valence-corrected chi connectivity index (χ3v) is 10.5. The summed E-state index contributed by atoms with van der Waals surface area (Å²) in [5.74, 6) is -2.54. The molecule has 0 heterocycles. The molecule has 0 unspecified atom stereocenters. The van der Waals surface area contributed by atoms with E-state index < -0.39 is 34.7 Å². The Morgan fingerprint density at radius 1 is 0.462 bits per heavy atom. The number of rotatable bonds is 8. The molecular weight excluding hydrogens is 656 g/mol. The van der Waals surface area contributed by atoms with Crippen LogP contribution >= 0.6 is 0 Å². The van der Waals surface area contributed by atoms with Gasteiger partial charge >= 0.3 is 23.9 Å². The fourth-order valence-electron chi connectivity index (χ4n) is 8.26. The van der Waals surface area contributed by atoms with Crippen molar-refractivity contribution in [3.8, 4) is 22.3 Å². The zero-order chi connectivity index (χ0) is 36.6. The van der Waals surface area contributed by atoms with Crippen molar-refractivity contribution in [1.82, 2.24) is 0 Å². The summed E-state index contributed by atoms with van der Waals surface area (Å²) in [5.41, 5.74) is 3.17. The van der Waals surface area contributed by atoms with Gasteiger partial charge in [0.25, 0.3) is 0 Å². The predicted molar refractivity (Wildman–Crippen MR) is 199 cm³/mol. The van der Waals surface area contributed by atoms with Crippen LogP contribution in [0.25, 0.3) is 43.8 Å². The van der Waals surface area contributed by atoms with E-state index >= 15 is 0 Å². The fraction of sp³-hybridized carbons (Fsp3) is 0.318. The SMILES string of the molecule is CCOC(=O)C1(C(=O)OCC)Cc2cc3c(cc2-c2c(ccc4ccccc24)C1)CC(C(=O)OCC)(C(=O)OCC)Cc1ccc2ccccc2c1-3. The quantitative estimate of drug-likeness (QED) is 0.0921. The van der Waals surface area contributed by atoms with Gasteiger partial charge < -0.3 is 18.9 Å². The number of benzene rings is 5. The highest BCUT2D eigenvalue weighted by molar-refractivity contribution is 6.08. The highest BCUT2D eigenvalue weighted by Gasteiger charge is 2.53. The molecule has 2 aliphatic rings. The average Bonchev–Trinajstić information content (AvgIpc) is 3.39. The first kappa shape index (κ1) is 34.9. The molecule has 2 aliphatic carbocycles. The molecule has 0 atom stereocenters. The summed E-state index contributed by atoms with van der Waals surface area (Å²) in [6.45, 7) is 7.31. The van der Waals surface area contributed by atoms with E-state index in [2.05, 4.69) is 0 Å². The maximum Gasteiger partial charge on any atom is 0.324 e. The molecule has 0 spiro atoms. The molecular formula is C44H42O8. The van der Waals surface area contributed by atoms with Crippen molar-refractivity contribution in [2.24, 2.45) is 10.8 Å². The normalized spacial score (nSPS) is 15.2. The van der Waals surface area contributed by atoms with Crippen LogP contribution in [0.15, 0.2) is 84.9 Å². The summed E-state index contributed by atoms with van der Waals surface area (Å²) < 4.78 is 22.6. The molecule has 0 N–H and O–H groups in total. The highest BCUT2D eigenvalue weighted by Crippen LogP contribution is 2.50. The van der Waals surface area contributed by atoms with Crippen LogP contribution in [0.2, 0.25) is 0 Å². The van der Waals surface area contributed by atoms with Crippen LogP contribution in [0.1, 0.15) is 49.9 Å². The van der Waals surface area contributed by atoms with E-state index in [9.17, 15) is 19.2 Å². The average molecular weight is 699 g/mol. The van der Waals surface area contributed by atoms with Crippen LogP contribution in [0.4, 0.5) is 0 Å². The van der Waals surface area contributed by atoms with Crippen molar-refractivity contribution >= 4 is 45.4 Å². The van der Waals surface area contributed by atoms with Crippen LogP contribution in [-0.2, 0) is 63.8 Å². The number of carbonyl (C=O) groups excluding carboxylic acids is 4. The lowest BCUT2D eigenvalue weighted by atomic mass is 9.76. The van der Waals surface area contributed by atoms with Gasteiger partial charge in [0.05, 0.1) is 26.4 Å². The standard InChI is InChI=1S/C44H42O8/c1-5-49-39(45)43(40(46)50-6-2)23-29-19-17-27-13-9-11-15-33(27)37(29)35-22-32-26-44(41(47)51-7-3,42(48)52-8-4)24-30-20-18-28-14-10-12-16-34(28)38(30)36(32)21-31(35)25-43/h9-22H,5-8,23-26H2,1-4H3. The summed E-state index contributed by atoms with van der Waals surface area (Å²) in [7, 11) is 0. The molecule has 0 saturated heterocycles. The van der Waals surface area contributed by atoms with Gasteiger partial charge in [-0.1, -0.05) is 84.9 Å². The first-order valence-corrected chi connectivity index (χ1v) is 18.1. The van der Waals surface area contributed by atoms with Crippen molar-refractivity contribution in [3.05, 3.63) is 107 Å². The molecule has 8 nitrogen and oxygen atoms in total. The van der Waals surface area contributed by atoms with Gasteiger partial charge in [-0.3, -0.25) is 19.2 Å². The molecule has 0 bridgehead atoms. The number of hydrogen-bond donors (Lipinski definition) is 0. The number of carbonyl (C=O) groups is 4. The van der Waals surface area contributed by atoms with Gasteiger partial charge in [-0.15, -0.1) is 0 Å². The first-order valence-electron chi connectivity index (χ1n) is 18.1. The minimum Gasteiger partial charge on any atom is -0.465 e. The third-order valence-electron chi connectivity index (χ3n) is 10.5. The number of ether oxygens (including phenoxy) is 4. The largest absolute Gasteiger partial charge is 0.465 e. The molecule has 266 valence electrons. The highest BCUT2D eigenvalue weighted by atomic mass is 16.6. The lowest BCUT2D eigenvalue weighted by Crippen LogP contribution is -2.45. The van der Waals surface area contributed by atoms with E-state index in [-0.39, 0.29) is 52.1 Å². The van der Waals surface area contributed by atoms with E-state index in [0.29, 0.717) is 0 Å². The Morgan fingerprint density at radius 3 is 1.13 bits per heavy atom. The Kier molecular flexibility index (Phi) is 9.34. The summed E-state index contributed by atoms with van der Waals surface area (Å²) in [4.78, 5) is 56.5. The lowest BCUT2D eigenvalue weighted by Gasteiger charge is -2.29. The van der Waals surface area contributed by atoms with Gasteiger partial charge in [-0.2, -0.15) is 0 Å². The molecule has 0 aromatic heterocycles.